The first kappa shape index (κ1) is 12.5. The minimum Gasteiger partial charge on any atom is -0.247 e. The van der Waals surface area contributed by atoms with Crippen molar-refractivity contribution in [3.63, 3.8) is 0 Å². The Morgan fingerprint density at radius 1 is 1.07 bits per heavy atom. The van der Waals surface area contributed by atoms with Gasteiger partial charge in [-0.1, -0.05) is 0 Å². The molecule has 1 saturated heterocycles. The molecule has 2 unspecified atom stereocenters. The van der Waals surface area contributed by atoms with Crippen LogP contribution in [0.1, 0.15) is 0 Å². The first-order chi connectivity index (χ1) is 6.47. The summed E-state index contributed by atoms with van der Waals surface area (Å²) in [6, 6.07) is 0. The topological polar surface area (TPSA) is 34.1 Å². The van der Waals surface area contributed by atoms with Crippen molar-refractivity contribution in [1.29, 1.82) is 0 Å². The molecule has 1 aliphatic rings. The van der Waals surface area contributed by atoms with Crippen molar-refractivity contribution < 1.29 is 39.2 Å². The minimum absolute atomic E-state index is 2.87. The van der Waals surface area contributed by atoms with Crippen molar-refractivity contribution in [3.8, 4) is 0 Å². The van der Waals surface area contributed by atoms with Gasteiger partial charge in [-0.05, 0) is 0 Å². The van der Waals surface area contributed by atoms with Gasteiger partial charge >= 0.3 is 11.2 Å². The fourth-order valence-electron chi connectivity index (χ4n) is 1.08. The number of sulfone groups is 1. The van der Waals surface area contributed by atoms with Gasteiger partial charge in [0.25, 0.3) is 15.5 Å². The van der Waals surface area contributed by atoms with Crippen molar-refractivity contribution in [2.75, 3.05) is 6.67 Å². The predicted molar refractivity (Wildman–Crippen MR) is 33.5 cm³/mol. The van der Waals surface area contributed by atoms with Crippen LogP contribution in [0.2, 0.25) is 0 Å². The van der Waals surface area contributed by atoms with E-state index in [1.54, 1.807) is 0 Å². The summed E-state index contributed by atoms with van der Waals surface area (Å²) in [4.78, 5) is 0. The van der Waals surface area contributed by atoms with Gasteiger partial charge in [0.2, 0.25) is 5.50 Å². The van der Waals surface area contributed by atoms with E-state index >= 15 is 0 Å². The summed E-state index contributed by atoms with van der Waals surface area (Å²) in [6.45, 7) is -2.87. The highest BCUT2D eigenvalue weighted by Gasteiger charge is 2.88. The van der Waals surface area contributed by atoms with Gasteiger partial charge in [0.05, 0.1) is 0 Å². The number of hydrogen-bond donors (Lipinski definition) is 0. The second kappa shape index (κ2) is 2.77. The van der Waals surface area contributed by atoms with E-state index in [2.05, 4.69) is 0 Å². The Hall–Kier alpha value is -0.540. The molecule has 0 aromatic rings. The van der Waals surface area contributed by atoms with Crippen LogP contribution in [0.4, 0.5) is 30.7 Å². The zero-order chi connectivity index (χ0) is 12.3. The number of hydrogen-bond acceptors (Lipinski definition) is 2. The van der Waals surface area contributed by atoms with Crippen molar-refractivity contribution >= 4 is 9.84 Å². The van der Waals surface area contributed by atoms with Gasteiger partial charge in [0.15, 0.2) is 0 Å². The molecule has 10 heteroatoms. The summed E-state index contributed by atoms with van der Waals surface area (Å²) in [5, 5.41) is -5.96. The Morgan fingerprint density at radius 2 is 1.47 bits per heavy atom. The fourth-order valence-corrected chi connectivity index (χ4v) is 2.57. The molecule has 1 fully saturated rings. The van der Waals surface area contributed by atoms with Gasteiger partial charge in [-0.25, -0.2) is 21.6 Å². The zero-order valence-electron chi connectivity index (χ0n) is 6.65. The van der Waals surface area contributed by atoms with Crippen LogP contribution in [-0.4, -0.2) is 37.4 Å². The van der Waals surface area contributed by atoms with Crippen molar-refractivity contribution in [2.45, 2.75) is 22.3 Å². The standard InChI is InChI=1S/C5H3F7O2S/c6-1-3(8)2(7)15(13,14)5(11,12)4(3,9)10/h2H,1H2. The molecule has 0 bridgehead atoms. The van der Waals surface area contributed by atoms with Crippen LogP contribution in [-0.2, 0) is 9.84 Å². The molecule has 0 saturated carbocycles. The molecule has 0 aliphatic carbocycles. The van der Waals surface area contributed by atoms with Crippen LogP contribution in [0.5, 0.6) is 0 Å². The molecular formula is C5H3F7O2S. The summed E-state index contributed by atoms with van der Waals surface area (Å²) in [5.41, 5.74) is -9.34. The Balaban J connectivity index is 3.55. The molecule has 0 aromatic carbocycles. The average Bonchev–Trinajstić information content (AvgIpc) is 2.18. The SMILES string of the molecule is O=S1(=O)C(F)C(F)(CF)C(F)(F)C1(F)F. The predicted octanol–water partition coefficient (Wildman–Crippen LogP) is 1.62. The van der Waals surface area contributed by atoms with Crippen LogP contribution >= 0.6 is 0 Å². The molecule has 1 aliphatic heterocycles. The summed E-state index contributed by atoms with van der Waals surface area (Å²) >= 11 is 0. The number of rotatable bonds is 1. The summed E-state index contributed by atoms with van der Waals surface area (Å²) < 4.78 is 108. The molecule has 0 radical (unpaired) electrons. The van der Waals surface area contributed by atoms with E-state index in [1.165, 1.54) is 0 Å². The molecule has 0 N–H and O–H groups in total. The average molecular weight is 260 g/mol. The van der Waals surface area contributed by atoms with E-state index in [0.29, 0.717) is 0 Å². The minimum atomic E-state index is -6.40. The summed E-state index contributed by atoms with van der Waals surface area (Å²) in [5.74, 6) is -5.94. The Kier molecular flexibility index (Phi) is 2.31. The van der Waals surface area contributed by atoms with E-state index in [4.69, 9.17) is 0 Å². The van der Waals surface area contributed by atoms with Gasteiger partial charge in [0.1, 0.15) is 6.67 Å². The van der Waals surface area contributed by atoms with E-state index in [-0.39, 0.29) is 0 Å². The smallest absolute Gasteiger partial charge is 0.247 e. The van der Waals surface area contributed by atoms with Gasteiger partial charge in [-0.3, -0.25) is 0 Å². The third-order valence-corrected chi connectivity index (χ3v) is 3.96. The molecule has 1 rings (SSSR count). The second-order valence-electron chi connectivity index (χ2n) is 2.95. The van der Waals surface area contributed by atoms with Crippen LogP contribution < -0.4 is 0 Å². The van der Waals surface area contributed by atoms with Gasteiger partial charge in [0, 0.05) is 0 Å². The second-order valence-corrected chi connectivity index (χ2v) is 4.96. The van der Waals surface area contributed by atoms with Crippen molar-refractivity contribution in [3.05, 3.63) is 0 Å². The van der Waals surface area contributed by atoms with Gasteiger partial charge in [-0.15, -0.1) is 0 Å². The summed E-state index contributed by atoms with van der Waals surface area (Å²) in [7, 11) is -6.40. The quantitative estimate of drug-likeness (QED) is 0.671. The molecule has 2 atom stereocenters. The molecule has 0 aromatic heterocycles. The molecule has 0 amide bonds. The maximum atomic E-state index is 12.8. The Labute approximate surface area is 79.0 Å². The largest absolute Gasteiger partial charge is 0.413 e. The lowest BCUT2D eigenvalue weighted by Crippen LogP contribution is -2.53. The molecule has 2 nitrogen and oxygen atoms in total. The van der Waals surface area contributed by atoms with E-state index in [0.717, 1.165) is 0 Å². The monoisotopic (exact) mass is 260 g/mol. The van der Waals surface area contributed by atoms with Crippen LogP contribution in [0, 0.1) is 0 Å². The van der Waals surface area contributed by atoms with Crippen LogP contribution in [0.3, 0.4) is 0 Å². The van der Waals surface area contributed by atoms with E-state index in [9.17, 15) is 39.2 Å². The Bertz CT molecular complexity index is 374. The lowest BCUT2D eigenvalue weighted by Gasteiger charge is -2.24. The highest BCUT2D eigenvalue weighted by Crippen LogP contribution is 2.58. The normalized spacial score (nSPS) is 41.7. The molecule has 1 heterocycles. The zero-order valence-corrected chi connectivity index (χ0v) is 7.47. The first-order valence-corrected chi connectivity index (χ1v) is 4.89. The maximum Gasteiger partial charge on any atom is 0.413 e. The van der Waals surface area contributed by atoms with Crippen molar-refractivity contribution in [2.24, 2.45) is 0 Å². The van der Waals surface area contributed by atoms with E-state index < -0.39 is 38.9 Å². The Morgan fingerprint density at radius 3 is 1.60 bits per heavy atom. The summed E-state index contributed by atoms with van der Waals surface area (Å²) in [6.07, 6.45) is 0. The number of alkyl halides is 7. The first-order valence-electron chi connectivity index (χ1n) is 3.35. The fraction of sp³-hybridized carbons (Fsp3) is 1.00. The van der Waals surface area contributed by atoms with Gasteiger partial charge in [-0.2, -0.15) is 17.6 Å². The van der Waals surface area contributed by atoms with Crippen LogP contribution in [0.25, 0.3) is 0 Å². The third kappa shape index (κ3) is 1.03. The lowest BCUT2D eigenvalue weighted by molar-refractivity contribution is -0.228. The highest BCUT2D eigenvalue weighted by atomic mass is 32.2. The molecule has 90 valence electrons. The van der Waals surface area contributed by atoms with Gasteiger partial charge < -0.3 is 0 Å². The molecular weight excluding hydrogens is 257 g/mol. The molecule has 0 spiro atoms. The third-order valence-electron chi connectivity index (χ3n) is 2.07. The number of halogens is 7. The van der Waals surface area contributed by atoms with E-state index in [1.807, 2.05) is 0 Å². The van der Waals surface area contributed by atoms with Crippen molar-refractivity contribution in [1.82, 2.24) is 0 Å². The van der Waals surface area contributed by atoms with Crippen LogP contribution in [0.15, 0.2) is 0 Å². The lowest BCUT2D eigenvalue weighted by atomic mass is 10.0. The highest BCUT2D eigenvalue weighted by molar-refractivity contribution is 7.93. The maximum absolute atomic E-state index is 12.8. The molecule has 15 heavy (non-hydrogen) atoms.